The van der Waals surface area contributed by atoms with E-state index in [1.807, 2.05) is 0 Å². The van der Waals surface area contributed by atoms with Gasteiger partial charge in [0.25, 0.3) is 11.1 Å². The number of amides is 3. The maximum absolute atomic E-state index is 12.5. The maximum Gasteiger partial charge on any atom is 0.294 e. The third-order valence-corrected chi connectivity index (χ3v) is 5.40. The van der Waals surface area contributed by atoms with Crippen LogP contribution in [0.15, 0.2) is 23.1 Å². The van der Waals surface area contributed by atoms with Crippen molar-refractivity contribution < 1.29 is 23.9 Å². The van der Waals surface area contributed by atoms with Crippen LogP contribution in [-0.2, 0) is 14.3 Å². The molecule has 1 N–H and O–H groups in total. The predicted octanol–water partition coefficient (Wildman–Crippen LogP) is 2.68. The van der Waals surface area contributed by atoms with Crippen molar-refractivity contribution in [3.05, 3.63) is 33.7 Å². The largest absolute Gasteiger partial charge is 0.495 e. The van der Waals surface area contributed by atoms with Crippen LogP contribution in [-0.4, -0.2) is 54.9 Å². The molecule has 0 aliphatic carbocycles. The summed E-state index contributed by atoms with van der Waals surface area (Å²) >= 11 is 6.88. The second-order valence-corrected chi connectivity index (χ2v) is 7.50. The molecule has 0 saturated carbocycles. The van der Waals surface area contributed by atoms with Gasteiger partial charge in [0, 0.05) is 13.2 Å². The Morgan fingerprint density at radius 1 is 1.48 bits per heavy atom. The molecule has 0 bridgehead atoms. The lowest BCUT2D eigenvalue weighted by atomic mass is 10.2. The first kappa shape index (κ1) is 19.7. The van der Waals surface area contributed by atoms with Crippen molar-refractivity contribution in [1.29, 1.82) is 0 Å². The lowest BCUT2D eigenvalue weighted by molar-refractivity contribution is -0.129. The molecule has 3 amide bonds. The van der Waals surface area contributed by atoms with Crippen LogP contribution in [0, 0.1) is 0 Å². The van der Waals surface area contributed by atoms with E-state index in [1.54, 1.807) is 24.3 Å². The van der Waals surface area contributed by atoms with E-state index in [4.69, 9.17) is 21.1 Å². The van der Waals surface area contributed by atoms with Crippen LogP contribution < -0.4 is 10.1 Å². The second-order valence-electron chi connectivity index (χ2n) is 6.10. The van der Waals surface area contributed by atoms with E-state index in [-0.39, 0.29) is 23.5 Å². The molecular formula is C18H19ClN2O5S. The van der Waals surface area contributed by atoms with Crippen LogP contribution in [0.4, 0.5) is 4.79 Å². The Balaban J connectivity index is 1.62. The molecule has 2 saturated heterocycles. The Labute approximate surface area is 166 Å². The van der Waals surface area contributed by atoms with Crippen LogP contribution in [0.1, 0.15) is 18.4 Å². The molecular weight excluding hydrogens is 392 g/mol. The monoisotopic (exact) mass is 410 g/mol. The minimum atomic E-state index is -0.496. The molecule has 0 unspecified atom stereocenters. The number of imide groups is 1. The van der Waals surface area contributed by atoms with Gasteiger partial charge in [0.1, 0.15) is 12.3 Å². The highest BCUT2D eigenvalue weighted by Crippen LogP contribution is 2.33. The molecule has 2 aliphatic heterocycles. The van der Waals surface area contributed by atoms with Gasteiger partial charge in [0.05, 0.1) is 23.1 Å². The number of nitrogens with zero attached hydrogens (tertiary/aromatic N) is 1. The summed E-state index contributed by atoms with van der Waals surface area (Å²) < 4.78 is 10.5. The van der Waals surface area contributed by atoms with Gasteiger partial charge in [-0.1, -0.05) is 17.7 Å². The van der Waals surface area contributed by atoms with Gasteiger partial charge in [-0.3, -0.25) is 19.3 Å². The van der Waals surface area contributed by atoms with Gasteiger partial charge in [-0.05, 0) is 48.4 Å². The Morgan fingerprint density at radius 2 is 2.30 bits per heavy atom. The first-order chi connectivity index (χ1) is 13.0. The number of carbonyl (C=O) groups is 3. The van der Waals surface area contributed by atoms with Crippen LogP contribution in [0.2, 0.25) is 5.02 Å². The highest BCUT2D eigenvalue weighted by molar-refractivity contribution is 8.18. The minimum Gasteiger partial charge on any atom is -0.495 e. The molecule has 3 rings (SSSR count). The number of benzene rings is 1. The Kier molecular flexibility index (Phi) is 6.41. The van der Waals surface area contributed by atoms with Crippen molar-refractivity contribution in [2.45, 2.75) is 18.9 Å². The summed E-state index contributed by atoms with van der Waals surface area (Å²) in [6.45, 7) is 0.775. The smallest absolute Gasteiger partial charge is 0.294 e. The molecule has 0 aromatic heterocycles. The molecule has 1 aromatic rings. The normalized spacial score (nSPS) is 21.2. The molecule has 2 aliphatic rings. The first-order valence-corrected chi connectivity index (χ1v) is 9.64. The summed E-state index contributed by atoms with van der Waals surface area (Å²) in [7, 11) is 1.51. The molecule has 27 heavy (non-hydrogen) atoms. The molecule has 7 nitrogen and oxygen atoms in total. The lowest BCUT2D eigenvalue weighted by Gasteiger charge is -2.14. The topological polar surface area (TPSA) is 84.9 Å². The summed E-state index contributed by atoms with van der Waals surface area (Å²) in [5.41, 5.74) is 0.661. The van der Waals surface area contributed by atoms with Gasteiger partial charge in [0.2, 0.25) is 5.91 Å². The number of hydrogen-bond donors (Lipinski definition) is 1. The van der Waals surface area contributed by atoms with E-state index in [2.05, 4.69) is 5.32 Å². The van der Waals surface area contributed by atoms with Crippen LogP contribution in [0.5, 0.6) is 5.75 Å². The fourth-order valence-corrected chi connectivity index (χ4v) is 3.90. The quantitative estimate of drug-likeness (QED) is 0.726. The van der Waals surface area contributed by atoms with Gasteiger partial charge in [-0.15, -0.1) is 0 Å². The van der Waals surface area contributed by atoms with Crippen molar-refractivity contribution in [2.75, 3.05) is 26.8 Å². The summed E-state index contributed by atoms with van der Waals surface area (Å²) in [5, 5.41) is 2.64. The molecule has 0 radical (unpaired) electrons. The van der Waals surface area contributed by atoms with Gasteiger partial charge in [-0.25, -0.2) is 0 Å². The third kappa shape index (κ3) is 4.82. The minimum absolute atomic E-state index is 0.00332. The molecule has 2 fully saturated rings. The zero-order valence-corrected chi connectivity index (χ0v) is 16.3. The fraction of sp³-hybridized carbons (Fsp3) is 0.389. The summed E-state index contributed by atoms with van der Waals surface area (Å²) in [4.78, 5) is 37.8. The van der Waals surface area contributed by atoms with E-state index < -0.39 is 11.1 Å². The lowest BCUT2D eigenvalue weighted by Crippen LogP contribution is -2.41. The Bertz CT molecular complexity index is 792. The number of halogens is 1. The van der Waals surface area contributed by atoms with Gasteiger partial charge < -0.3 is 14.8 Å². The van der Waals surface area contributed by atoms with E-state index in [0.717, 1.165) is 29.5 Å². The van der Waals surface area contributed by atoms with Gasteiger partial charge in [0.15, 0.2) is 0 Å². The highest BCUT2D eigenvalue weighted by atomic mass is 35.5. The molecule has 0 spiro atoms. The SMILES string of the molecule is COc1ccc(/C=C2\SC(=O)N(CC(=O)NC[C@H]3CCCO3)C2=O)cc1Cl. The number of methoxy groups -OCH3 is 1. The number of thioether (sulfide) groups is 1. The van der Waals surface area contributed by atoms with E-state index in [9.17, 15) is 14.4 Å². The summed E-state index contributed by atoms with van der Waals surface area (Å²) in [6, 6.07) is 5.05. The Morgan fingerprint density at radius 3 is 2.96 bits per heavy atom. The van der Waals surface area contributed by atoms with E-state index in [1.165, 1.54) is 7.11 Å². The maximum atomic E-state index is 12.5. The Hall–Kier alpha value is -2.03. The van der Waals surface area contributed by atoms with Crippen LogP contribution in [0.3, 0.4) is 0 Å². The average molecular weight is 411 g/mol. The predicted molar refractivity (Wildman–Crippen MR) is 103 cm³/mol. The number of rotatable bonds is 6. The van der Waals surface area contributed by atoms with Crippen LogP contribution >= 0.6 is 23.4 Å². The number of nitrogens with one attached hydrogen (secondary N) is 1. The number of ether oxygens (including phenoxy) is 2. The van der Waals surface area contributed by atoms with Crippen molar-refractivity contribution in [1.82, 2.24) is 10.2 Å². The van der Waals surface area contributed by atoms with Crippen molar-refractivity contribution in [2.24, 2.45) is 0 Å². The average Bonchev–Trinajstić information content (AvgIpc) is 3.24. The third-order valence-electron chi connectivity index (χ3n) is 4.20. The van der Waals surface area contributed by atoms with Crippen molar-refractivity contribution in [3.63, 3.8) is 0 Å². The number of carbonyl (C=O) groups excluding carboxylic acids is 3. The molecule has 9 heteroatoms. The van der Waals surface area contributed by atoms with E-state index in [0.29, 0.717) is 29.5 Å². The van der Waals surface area contributed by atoms with Gasteiger partial charge >= 0.3 is 0 Å². The summed E-state index contributed by atoms with van der Waals surface area (Å²) in [6.07, 6.45) is 3.45. The van der Waals surface area contributed by atoms with E-state index >= 15 is 0 Å². The number of hydrogen-bond acceptors (Lipinski definition) is 6. The fourth-order valence-electron chi connectivity index (χ4n) is 2.79. The zero-order chi connectivity index (χ0) is 19.4. The molecule has 144 valence electrons. The molecule has 1 atom stereocenters. The highest BCUT2D eigenvalue weighted by Gasteiger charge is 2.36. The van der Waals surface area contributed by atoms with Crippen molar-refractivity contribution >= 4 is 46.5 Å². The van der Waals surface area contributed by atoms with Gasteiger partial charge in [-0.2, -0.15) is 0 Å². The molecule has 2 heterocycles. The standard InChI is InChI=1S/C18H19ClN2O5S/c1-25-14-5-4-11(7-13(14)19)8-15-17(23)21(18(24)27-15)10-16(22)20-9-12-3-2-6-26-12/h4-5,7-8,12H,2-3,6,9-10H2,1H3,(H,20,22)/b15-8-/t12-/m1/s1. The van der Waals surface area contributed by atoms with Crippen molar-refractivity contribution in [3.8, 4) is 5.75 Å². The second kappa shape index (κ2) is 8.77. The van der Waals surface area contributed by atoms with Crippen LogP contribution in [0.25, 0.3) is 6.08 Å². The zero-order valence-electron chi connectivity index (χ0n) is 14.7. The molecule has 1 aromatic carbocycles. The summed E-state index contributed by atoms with van der Waals surface area (Å²) in [5.74, 6) is -0.365. The first-order valence-electron chi connectivity index (χ1n) is 8.45.